The maximum absolute atomic E-state index is 13.1. The lowest BCUT2D eigenvalue weighted by Crippen LogP contribution is -2.44. The van der Waals surface area contributed by atoms with Crippen molar-refractivity contribution < 1.29 is 18.8 Å². The minimum atomic E-state index is -0.304. The van der Waals surface area contributed by atoms with Gasteiger partial charge in [0.25, 0.3) is 0 Å². The summed E-state index contributed by atoms with van der Waals surface area (Å²) in [6.45, 7) is 0.771. The van der Waals surface area contributed by atoms with Crippen LogP contribution < -0.4 is 0 Å². The average molecular weight is 368 g/mol. The number of likely N-dealkylation sites (tertiary alicyclic amines) is 1. The van der Waals surface area contributed by atoms with E-state index >= 15 is 0 Å². The maximum Gasteiger partial charge on any atom is 0.243 e. The van der Waals surface area contributed by atoms with Gasteiger partial charge in [-0.2, -0.15) is 0 Å². The molecule has 0 bridgehead atoms. The van der Waals surface area contributed by atoms with Crippen LogP contribution in [0.3, 0.4) is 0 Å². The van der Waals surface area contributed by atoms with Crippen LogP contribution in [-0.2, 0) is 14.4 Å². The molecule has 3 aliphatic rings. The molecular weight excluding hydrogens is 347 g/mol. The van der Waals surface area contributed by atoms with Crippen molar-refractivity contribution in [2.24, 2.45) is 11.8 Å². The van der Waals surface area contributed by atoms with Gasteiger partial charge in [0.2, 0.25) is 17.7 Å². The molecule has 1 aromatic rings. The summed E-state index contributed by atoms with van der Waals surface area (Å²) in [6.07, 6.45) is 7.63. The normalized spacial score (nSPS) is 24.9. The first kappa shape index (κ1) is 17.6. The second-order valence-electron chi connectivity index (χ2n) is 7.24. The Labute approximate surface area is 157 Å². The Bertz CT molecular complexity index is 817. The van der Waals surface area contributed by atoms with E-state index in [2.05, 4.69) is 0 Å². The van der Waals surface area contributed by atoms with Gasteiger partial charge < -0.3 is 4.90 Å². The monoisotopic (exact) mass is 368 g/mol. The summed E-state index contributed by atoms with van der Waals surface area (Å²) >= 11 is 0. The third-order valence-electron chi connectivity index (χ3n) is 5.67. The number of hydrogen-bond acceptors (Lipinski definition) is 3. The lowest BCUT2D eigenvalue weighted by molar-refractivity contribution is -0.146. The number of halogens is 1. The van der Waals surface area contributed by atoms with Crippen molar-refractivity contribution >= 4 is 23.3 Å². The zero-order valence-electron chi connectivity index (χ0n) is 14.9. The minimum absolute atomic E-state index is 0.176. The summed E-state index contributed by atoms with van der Waals surface area (Å²) in [6, 6.07) is 6.31. The number of carbonyl (C=O) groups excluding carboxylic acids is 3. The Balaban J connectivity index is 1.39. The average Bonchev–Trinajstić information content (AvgIpc) is 2.94. The van der Waals surface area contributed by atoms with E-state index in [9.17, 15) is 18.8 Å². The van der Waals surface area contributed by atoms with Gasteiger partial charge in [-0.05, 0) is 42.5 Å². The third kappa shape index (κ3) is 3.31. The molecule has 0 N–H and O–H groups in total. The highest BCUT2D eigenvalue weighted by Gasteiger charge is 2.47. The Morgan fingerprint density at radius 2 is 1.67 bits per heavy atom. The molecule has 1 aliphatic carbocycles. The largest absolute Gasteiger partial charge is 0.337 e. The van der Waals surface area contributed by atoms with Crippen LogP contribution in [0.5, 0.6) is 0 Å². The fraction of sp³-hybridized carbons (Fsp3) is 0.381. The molecule has 2 atom stereocenters. The molecule has 5 nitrogen and oxygen atoms in total. The predicted molar refractivity (Wildman–Crippen MR) is 97.6 cm³/mol. The summed E-state index contributed by atoms with van der Waals surface area (Å²) in [7, 11) is 0. The molecule has 1 aromatic carbocycles. The third-order valence-corrected chi connectivity index (χ3v) is 5.67. The number of rotatable bonds is 3. The Kier molecular flexibility index (Phi) is 4.64. The Hall–Kier alpha value is -2.76. The summed E-state index contributed by atoms with van der Waals surface area (Å²) in [5.41, 5.74) is 2.02. The molecule has 1 saturated heterocycles. The summed E-state index contributed by atoms with van der Waals surface area (Å²) in [5, 5.41) is 0. The van der Waals surface area contributed by atoms with Gasteiger partial charge in [0, 0.05) is 13.1 Å². The Morgan fingerprint density at radius 3 is 2.22 bits per heavy atom. The van der Waals surface area contributed by atoms with Crippen LogP contribution >= 0.6 is 0 Å². The molecule has 6 heteroatoms. The smallest absolute Gasteiger partial charge is 0.243 e. The molecule has 0 unspecified atom stereocenters. The molecule has 0 aromatic heterocycles. The van der Waals surface area contributed by atoms with Crippen LogP contribution in [0.1, 0.15) is 24.8 Å². The summed E-state index contributed by atoms with van der Waals surface area (Å²) in [5.74, 6) is -1.53. The number of carbonyl (C=O) groups is 3. The molecule has 0 saturated carbocycles. The van der Waals surface area contributed by atoms with Gasteiger partial charge in [0.1, 0.15) is 12.4 Å². The highest BCUT2D eigenvalue weighted by Crippen LogP contribution is 2.35. The lowest BCUT2D eigenvalue weighted by atomic mass is 9.85. The first-order valence-corrected chi connectivity index (χ1v) is 9.27. The summed E-state index contributed by atoms with van der Waals surface area (Å²) in [4.78, 5) is 40.4. The first-order chi connectivity index (χ1) is 13.0. The number of hydrogen-bond donors (Lipinski definition) is 0. The van der Waals surface area contributed by atoms with Crippen LogP contribution in [-0.4, -0.2) is 47.2 Å². The van der Waals surface area contributed by atoms with Crippen LogP contribution in [0.2, 0.25) is 0 Å². The quantitative estimate of drug-likeness (QED) is 0.608. The molecule has 27 heavy (non-hydrogen) atoms. The Morgan fingerprint density at radius 1 is 1.04 bits per heavy atom. The van der Waals surface area contributed by atoms with E-state index in [0.29, 0.717) is 32.4 Å². The van der Waals surface area contributed by atoms with Crippen molar-refractivity contribution in [1.29, 1.82) is 0 Å². The van der Waals surface area contributed by atoms with Gasteiger partial charge in [0.05, 0.1) is 11.8 Å². The maximum atomic E-state index is 13.1. The molecule has 2 aliphatic heterocycles. The van der Waals surface area contributed by atoms with Crippen LogP contribution in [0, 0.1) is 17.7 Å². The number of nitrogens with zero attached hydrogens (tertiary/aromatic N) is 2. The van der Waals surface area contributed by atoms with Gasteiger partial charge in [0.15, 0.2) is 0 Å². The van der Waals surface area contributed by atoms with E-state index in [1.807, 2.05) is 18.2 Å². The van der Waals surface area contributed by atoms with Crippen molar-refractivity contribution in [3.63, 3.8) is 0 Å². The standard InChI is InChI=1S/C21H21FN2O3/c22-16-7-5-14(6-8-16)15-9-11-23(12-10-15)19(25)13-24-20(26)17-3-1-2-4-18(17)21(24)27/h1-2,5-9,17-18H,3-4,10-13H2/t17-,18-/m0/s1. The van der Waals surface area contributed by atoms with Crippen LogP contribution in [0.25, 0.3) is 5.57 Å². The van der Waals surface area contributed by atoms with Gasteiger partial charge in [-0.25, -0.2) is 4.39 Å². The van der Waals surface area contributed by atoms with Gasteiger partial charge in [-0.3, -0.25) is 19.3 Å². The van der Waals surface area contributed by atoms with Crippen molar-refractivity contribution in [3.05, 3.63) is 53.9 Å². The van der Waals surface area contributed by atoms with Crippen molar-refractivity contribution in [2.75, 3.05) is 19.6 Å². The van der Waals surface area contributed by atoms with E-state index in [1.54, 1.807) is 17.0 Å². The van der Waals surface area contributed by atoms with Gasteiger partial charge in [-0.15, -0.1) is 0 Å². The molecule has 140 valence electrons. The highest BCUT2D eigenvalue weighted by atomic mass is 19.1. The van der Waals surface area contributed by atoms with E-state index < -0.39 is 0 Å². The topological polar surface area (TPSA) is 57.7 Å². The second-order valence-corrected chi connectivity index (χ2v) is 7.24. The van der Waals surface area contributed by atoms with E-state index in [-0.39, 0.29) is 41.9 Å². The SMILES string of the molecule is O=C(CN1C(=O)[C@H]2CC=CC[C@@H]2C1=O)N1CC=C(c2ccc(F)cc2)CC1. The van der Waals surface area contributed by atoms with E-state index in [0.717, 1.165) is 16.0 Å². The van der Waals surface area contributed by atoms with Crippen molar-refractivity contribution in [2.45, 2.75) is 19.3 Å². The van der Waals surface area contributed by atoms with Gasteiger partial charge >= 0.3 is 0 Å². The molecule has 0 spiro atoms. The zero-order valence-corrected chi connectivity index (χ0v) is 14.9. The van der Waals surface area contributed by atoms with Gasteiger partial charge in [-0.1, -0.05) is 30.4 Å². The molecule has 3 amide bonds. The highest BCUT2D eigenvalue weighted by molar-refractivity contribution is 6.07. The molecule has 1 fully saturated rings. The number of fused-ring (bicyclic) bond motifs is 1. The number of imide groups is 1. The molecule has 2 heterocycles. The number of allylic oxidation sites excluding steroid dienone is 2. The predicted octanol–water partition coefficient (Wildman–Crippen LogP) is 2.39. The molecule has 4 rings (SSSR count). The fourth-order valence-electron chi connectivity index (χ4n) is 4.08. The van der Waals surface area contributed by atoms with Crippen molar-refractivity contribution in [1.82, 2.24) is 9.80 Å². The van der Waals surface area contributed by atoms with Crippen LogP contribution in [0.15, 0.2) is 42.5 Å². The number of amides is 3. The summed E-state index contributed by atoms with van der Waals surface area (Å²) < 4.78 is 13.1. The van der Waals surface area contributed by atoms with E-state index in [4.69, 9.17) is 0 Å². The zero-order chi connectivity index (χ0) is 19.0. The molecule has 0 radical (unpaired) electrons. The molecular formula is C21H21FN2O3. The fourth-order valence-corrected chi connectivity index (χ4v) is 4.08. The van der Waals surface area contributed by atoms with E-state index in [1.165, 1.54) is 12.1 Å². The first-order valence-electron chi connectivity index (χ1n) is 9.27. The van der Waals surface area contributed by atoms with Crippen LogP contribution in [0.4, 0.5) is 4.39 Å². The lowest BCUT2D eigenvalue weighted by Gasteiger charge is -2.28. The van der Waals surface area contributed by atoms with Crippen molar-refractivity contribution in [3.8, 4) is 0 Å². The second kappa shape index (κ2) is 7.10. The minimum Gasteiger partial charge on any atom is -0.337 e. The number of benzene rings is 1.